The van der Waals surface area contributed by atoms with Crippen LogP contribution in [0.1, 0.15) is 16.9 Å². The van der Waals surface area contributed by atoms with E-state index in [1.54, 1.807) is 42.7 Å². The molecule has 1 aromatic heterocycles. The maximum atomic E-state index is 13.2. The lowest BCUT2D eigenvalue weighted by molar-refractivity contribution is 0.459. The van der Waals surface area contributed by atoms with Crippen molar-refractivity contribution in [3.8, 4) is 0 Å². The van der Waals surface area contributed by atoms with E-state index in [0.29, 0.717) is 17.4 Å². The molecule has 0 aliphatic carbocycles. The maximum absolute atomic E-state index is 13.2. The minimum absolute atomic E-state index is 0.430. The normalized spacial score (nSPS) is 14.7. The summed E-state index contributed by atoms with van der Waals surface area (Å²) in [5, 5.41) is 3.67. The van der Waals surface area contributed by atoms with Crippen molar-refractivity contribution in [1.29, 1.82) is 0 Å². The SMILES string of the molecule is O=P(O)(c1ccccc1)C(NCc1ccccc1)c1cccnc1. The van der Waals surface area contributed by atoms with E-state index in [0.717, 1.165) is 5.56 Å². The molecule has 5 heteroatoms. The standard InChI is InChI=1S/C19H19N2O2P/c22-24(23,18-11-5-2-6-12-18)19(17-10-7-13-20-15-17)21-14-16-8-3-1-4-9-16/h1-13,15,19,21H,14H2,(H,22,23). The van der Waals surface area contributed by atoms with E-state index in [9.17, 15) is 9.46 Å². The molecule has 2 unspecified atom stereocenters. The first-order valence-corrected chi connectivity index (χ1v) is 9.46. The molecular formula is C19H19N2O2P. The van der Waals surface area contributed by atoms with Crippen LogP contribution in [0.3, 0.4) is 0 Å². The summed E-state index contributed by atoms with van der Waals surface area (Å²) < 4.78 is 13.2. The van der Waals surface area contributed by atoms with Gasteiger partial charge in [-0.3, -0.25) is 14.9 Å². The van der Waals surface area contributed by atoms with E-state index in [1.807, 2.05) is 42.5 Å². The highest BCUT2D eigenvalue weighted by molar-refractivity contribution is 7.66. The van der Waals surface area contributed by atoms with Gasteiger partial charge in [-0.15, -0.1) is 0 Å². The first-order chi connectivity index (χ1) is 11.7. The highest BCUT2D eigenvalue weighted by Gasteiger charge is 2.34. The Hall–Kier alpha value is -2.26. The summed E-state index contributed by atoms with van der Waals surface area (Å²) in [4.78, 5) is 14.9. The molecule has 3 rings (SSSR count). The summed E-state index contributed by atoms with van der Waals surface area (Å²) in [6.07, 6.45) is 3.29. The lowest BCUT2D eigenvalue weighted by Crippen LogP contribution is -2.25. The largest absolute Gasteiger partial charge is 0.340 e. The highest BCUT2D eigenvalue weighted by atomic mass is 31.2. The minimum Gasteiger partial charge on any atom is -0.340 e. The molecule has 24 heavy (non-hydrogen) atoms. The number of nitrogens with one attached hydrogen (secondary N) is 1. The number of nitrogens with zero attached hydrogens (tertiary/aromatic N) is 1. The van der Waals surface area contributed by atoms with Gasteiger partial charge < -0.3 is 4.89 Å². The van der Waals surface area contributed by atoms with Crippen molar-refractivity contribution in [2.24, 2.45) is 0 Å². The quantitative estimate of drug-likeness (QED) is 0.676. The summed E-state index contributed by atoms with van der Waals surface area (Å²) in [7, 11) is -3.67. The molecule has 0 aliphatic rings. The monoisotopic (exact) mass is 338 g/mol. The third-order valence-electron chi connectivity index (χ3n) is 3.82. The predicted octanol–water partition coefficient (Wildman–Crippen LogP) is 3.47. The zero-order valence-corrected chi connectivity index (χ0v) is 14.0. The summed E-state index contributed by atoms with van der Waals surface area (Å²) in [5.74, 6) is -0.714. The molecule has 1 heterocycles. The Balaban J connectivity index is 1.92. The van der Waals surface area contributed by atoms with Gasteiger partial charge in [-0.2, -0.15) is 0 Å². The molecule has 3 aromatic rings. The van der Waals surface area contributed by atoms with Crippen LogP contribution in [0.25, 0.3) is 0 Å². The lowest BCUT2D eigenvalue weighted by Gasteiger charge is -2.25. The van der Waals surface area contributed by atoms with Gasteiger partial charge in [-0.1, -0.05) is 54.6 Å². The average molecular weight is 338 g/mol. The Morgan fingerprint density at radius 3 is 2.25 bits per heavy atom. The van der Waals surface area contributed by atoms with Gasteiger partial charge >= 0.3 is 0 Å². The Kier molecular flexibility index (Phi) is 5.21. The highest BCUT2D eigenvalue weighted by Crippen LogP contribution is 2.52. The van der Waals surface area contributed by atoms with Gasteiger partial charge in [0.05, 0.1) is 0 Å². The van der Waals surface area contributed by atoms with Crippen molar-refractivity contribution in [3.05, 3.63) is 96.3 Å². The van der Waals surface area contributed by atoms with Crippen LogP contribution in [-0.2, 0) is 11.1 Å². The van der Waals surface area contributed by atoms with Crippen LogP contribution < -0.4 is 10.6 Å². The summed E-state index contributed by atoms with van der Waals surface area (Å²) in [6, 6.07) is 22.2. The van der Waals surface area contributed by atoms with Crippen molar-refractivity contribution in [2.75, 3.05) is 0 Å². The Morgan fingerprint density at radius 1 is 0.958 bits per heavy atom. The zero-order chi connectivity index (χ0) is 16.8. The van der Waals surface area contributed by atoms with E-state index >= 15 is 0 Å². The first kappa shape index (κ1) is 16.6. The van der Waals surface area contributed by atoms with Gasteiger partial charge in [-0.25, -0.2) is 0 Å². The number of rotatable bonds is 6. The average Bonchev–Trinajstić information content (AvgIpc) is 2.64. The molecule has 122 valence electrons. The summed E-state index contributed by atoms with van der Waals surface area (Å²) >= 11 is 0. The van der Waals surface area contributed by atoms with Gasteiger partial charge in [0.1, 0.15) is 5.78 Å². The van der Waals surface area contributed by atoms with Crippen molar-refractivity contribution in [2.45, 2.75) is 12.3 Å². The number of hydrogen-bond donors (Lipinski definition) is 2. The van der Waals surface area contributed by atoms with Crippen LogP contribution in [0.5, 0.6) is 0 Å². The summed E-state index contributed by atoms with van der Waals surface area (Å²) in [6.45, 7) is 0.498. The topological polar surface area (TPSA) is 62.2 Å². The van der Waals surface area contributed by atoms with Crippen LogP contribution in [0, 0.1) is 0 Å². The molecule has 2 aromatic carbocycles. The first-order valence-electron chi connectivity index (χ1n) is 7.73. The van der Waals surface area contributed by atoms with Gasteiger partial charge in [0.2, 0.25) is 7.37 Å². The van der Waals surface area contributed by atoms with Crippen molar-refractivity contribution >= 4 is 12.7 Å². The second kappa shape index (κ2) is 7.54. The Labute approximate surface area is 141 Å². The van der Waals surface area contributed by atoms with Crippen molar-refractivity contribution in [3.63, 3.8) is 0 Å². The maximum Gasteiger partial charge on any atom is 0.250 e. The molecule has 0 amide bonds. The molecule has 2 N–H and O–H groups in total. The smallest absolute Gasteiger partial charge is 0.250 e. The van der Waals surface area contributed by atoms with Crippen molar-refractivity contribution in [1.82, 2.24) is 10.3 Å². The second-order valence-electron chi connectivity index (χ2n) is 5.51. The molecule has 0 saturated heterocycles. The van der Waals surface area contributed by atoms with Gasteiger partial charge in [-0.05, 0) is 29.3 Å². The molecule has 0 fully saturated rings. The third-order valence-corrected chi connectivity index (χ3v) is 6.04. The van der Waals surface area contributed by atoms with E-state index in [2.05, 4.69) is 10.3 Å². The van der Waals surface area contributed by atoms with Crippen LogP contribution in [-0.4, -0.2) is 9.88 Å². The number of hydrogen-bond acceptors (Lipinski definition) is 3. The minimum atomic E-state index is -3.67. The molecule has 0 bridgehead atoms. The fourth-order valence-electron chi connectivity index (χ4n) is 2.58. The molecular weight excluding hydrogens is 319 g/mol. The van der Waals surface area contributed by atoms with Crippen LogP contribution >= 0.6 is 7.37 Å². The zero-order valence-electron chi connectivity index (χ0n) is 13.1. The van der Waals surface area contributed by atoms with Gasteiger partial charge in [0.15, 0.2) is 0 Å². The van der Waals surface area contributed by atoms with E-state index < -0.39 is 13.2 Å². The molecule has 0 saturated carbocycles. The Bertz CT molecular complexity index is 811. The second-order valence-corrected chi connectivity index (χ2v) is 7.79. The van der Waals surface area contributed by atoms with Crippen LogP contribution in [0.4, 0.5) is 0 Å². The molecule has 2 atom stereocenters. The fourth-order valence-corrected chi connectivity index (χ4v) is 4.38. The van der Waals surface area contributed by atoms with Crippen LogP contribution in [0.15, 0.2) is 85.2 Å². The fraction of sp³-hybridized carbons (Fsp3) is 0.105. The van der Waals surface area contributed by atoms with Crippen molar-refractivity contribution < 1.29 is 9.46 Å². The molecule has 0 radical (unpaired) electrons. The Morgan fingerprint density at radius 2 is 1.62 bits per heavy atom. The molecule has 0 aliphatic heterocycles. The van der Waals surface area contributed by atoms with E-state index in [-0.39, 0.29) is 0 Å². The van der Waals surface area contributed by atoms with Gasteiger partial charge in [0, 0.05) is 24.2 Å². The number of pyridine rings is 1. The third kappa shape index (κ3) is 3.80. The lowest BCUT2D eigenvalue weighted by atomic mass is 10.2. The van der Waals surface area contributed by atoms with E-state index in [4.69, 9.17) is 0 Å². The van der Waals surface area contributed by atoms with Crippen LogP contribution in [0.2, 0.25) is 0 Å². The summed E-state index contributed by atoms with van der Waals surface area (Å²) in [5.41, 5.74) is 1.75. The number of aromatic nitrogens is 1. The van der Waals surface area contributed by atoms with E-state index in [1.165, 1.54) is 0 Å². The predicted molar refractivity (Wildman–Crippen MR) is 96.2 cm³/mol. The van der Waals surface area contributed by atoms with Gasteiger partial charge in [0.25, 0.3) is 0 Å². The molecule has 0 spiro atoms. The molecule has 4 nitrogen and oxygen atoms in total. The number of benzene rings is 2.